The predicted octanol–water partition coefficient (Wildman–Crippen LogP) is 2.70. The molecule has 0 atom stereocenters. The molecule has 9 N–H and O–H groups in total. The molecule has 3 aromatic carbocycles. The van der Waals surface area contributed by atoms with Gasteiger partial charge in [0.2, 0.25) is 0 Å². The lowest BCUT2D eigenvalue weighted by atomic mass is 10.0. The van der Waals surface area contributed by atoms with E-state index in [9.17, 15) is 15.3 Å². The molecule has 9 nitrogen and oxygen atoms in total. The molecule has 4 rings (SSSR count). The van der Waals surface area contributed by atoms with Gasteiger partial charge in [0, 0.05) is 98.8 Å². The van der Waals surface area contributed by atoms with E-state index in [1.165, 1.54) is 0 Å². The van der Waals surface area contributed by atoms with Crippen molar-refractivity contribution in [2.45, 2.75) is 52.6 Å². The highest BCUT2D eigenvalue weighted by Gasteiger charge is 2.20. The summed E-state index contributed by atoms with van der Waals surface area (Å²) in [5.41, 5.74) is 23.6. The molecule has 0 amide bonds. The molecule has 1 heterocycles. The van der Waals surface area contributed by atoms with Crippen LogP contribution in [0.5, 0.6) is 17.2 Å². The number of aromatic hydroxyl groups is 3. The summed E-state index contributed by atoms with van der Waals surface area (Å²) in [6.45, 7) is 9.72. The van der Waals surface area contributed by atoms with E-state index in [4.69, 9.17) is 17.2 Å². The largest absolute Gasteiger partial charge is 0.507 e. The second-order valence-corrected chi connectivity index (χ2v) is 11.1. The Balaban J connectivity index is 1.56. The van der Waals surface area contributed by atoms with Crippen molar-refractivity contribution in [3.63, 3.8) is 0 Å². The zero-order chi connectivity index (χ0) is 29.4. The summed E-state index contributed by atoms with van der Waals surface area (Å²) in [6.07, 6.45) is 0.951. The lowest BCUT2D eigenvalue weighted by molar-refractivity contribution is 0.137. The number of nitrogens with zero attached hydrogens (tertiary/aromatic N) is 3. The molecule has 9 heteroatoms. The van der Waals surface area contributed by atoms with Gasteiger partial charge in [-0.15, -0.1) is 0 Å². The summed E-state index contributed by atoms with van der Waals surface area (Å²) in [5.74, 6) is 0.829. The highest BCUT2D eigenvalue weighted by molar-refractivity contribution is 5.44. The number of hydrogen-bond donors (Lipinski definition) is 6. The first kappa shape index (κ1) is 30.8. The van der Waals surface area contributed by atoms with Gasteiger partial charge >= 0.3 is 0 Å². The Morgan fingerprint density at radius 3 is 1.37 bits per heavy atom. The molecule has 0 unspecified atom stereocenters. The standard InChI is InChI=1S/C32H46N6O3/c1-23-15-28(19-35)32(41)29(16-23)22-37-10-4-9-36(20-26-7-2-5-24(17-33)30(26)39)11-13-38(14-12-37)21-27-8-3-6-25(18-34)31(27)40/h2-3,5-8,15-16,39-41H,4,9-14,17-22,33-35H2,1H3. The van der Waals surface area contributed by atoms with Crippen LogP contribution in [0, 0.1) is 6.92 Å². The van der Waals surface area contributed by atoms with E-state index in [0.29, 0.717) is 32.7 Å². The van der Waals surface area contributed by atoms with Crippen LogP contribution in [0.1, 0.15) is 45.4 Å². The second kappa shape index (κ2) is 14.6. The smallest absolute Gasteiger partial charge is 0.124 e. The van der Waals surface area contributed by atoms with Crippen LogP contribution in [0.15, 0.2) is 48.5 Å². The normalized spacial score (nSPS) is 16.2. The molecule has 1 aliphatic rings. The van der Waals surface area contributed by atoms with E-state index in [1.807, 2.05) is 55.5 Å². The Hall–Kier alpha value is -3.18. The number of nitrogens with two attached hydrogens (primary N) is 3. The molecular weight excluding hydrogens is 516 g/mol. The molecule has 0 radical (unpaired) electrons. The van der Waals surface area contributed by atoms with Crippen LogP contribution in [0.25, 0.3) is 0 Å². The van der Waals surface area contributed by atoms with Crippen LogP contribution in [-0.4, -0.2) is 69.3 Å². The van der Waals surface area contributed by atoms with Gasteiger partial charge < -0.3 is 32.5 Å². The Labute approximate surface area is 243 Å². The van der Waals surface area contributed by atoms with Gasteiger partial charge in [-0.3, -0.25) is 14.7 Å². The minimum atomic E-state index is 0.267. The van der Waals surface area contributed by atoms with E-state index in [-0.39, 0.29) is 23.8 Å². The summed E-state index contributed by atoms with van der Waals surface area (Å²) in [7, 11) is 0. The first-order chi connectivity index (χ1) is 19.8. The van der Waals surface area contributed by atoms with E-state index >= 15 is 0 Å². The van der Waals surface area contributed by atoms with Gasteiger partial charge in [-0.05, 0) is 26.4 Å². The van der Waals surface area contributed by atoms with Gasteiger partial charge in [0.05, 0.1) is 0 Å². The van der Waals surface area contributed by atoms with E-state index in [2.05, 4.69) is 14.7 Å². The maximum absolute atomic E-state index is 10.9. The van der Waals surface area contributed by atoms with E-state index in [0.717, 1.165) is 84.6 Å². The lowest BCUT2D eigenvalue weighted by Gasteiger charge is -2.33. The first-order valence-corrected chi connectivity index (χ1v) is 14.5. The molecular formula is C32H46N6O3. The number of aryl methyl sites for hydroxylation is 1. The van der Waals surface area contributed by atoms with Crippen LogP contribution in [0.2, 0.25) is 0 Å². The Morgan fingerprint density at radius 1 is 0.537 bits per heavy atom. The molecule has 222 valence electrons. The van der Waals surface area contributed by atoms with Crippen LogP contribution in [-0.2, 0) is 39.3 Å². The molecule has 0 saturated carbocycles. The quantitative estimate of drug-likeness (QED) is 0.232. The van der Waals surface area contributed by atoms with Crippen LogP contribution in [0.4, 0.5) is 0 Å². The minimum absolute atomic E-state index is 0.267. The van der Waals surface area contributed by atoms with Crippen molar-refractivity contribution in [3.05, 3.63) is 87.5 Å². The van der Waals surface area contributed by atoms with Gasteiger partial charge in [-0.25, -0.2) is 0 Å². The van der Waals surface area contributed by atoms with Gasteiger partial charge in [0.1, 0.15) is 17.2 Å². The van der Waals surface area contributed by atoms with Crippen molar-refractivity contribution in [2.75, 3.05) is 39.3 Å². The Kier molecular flexibility index (Phi) is 11.0. The Morgan fingerprint density at radius 2 is 0.902 bits per heavy atom. The van der Waals surface area contributed by atoms with Crippen LogP contribution in [0.3, 0.4) is 0 Å². The molecule has 0 spiro atoms. The number of rotatable bonds is 9. The SMILES string of the molecule is Cc1cc(CN)c(O)c(CN2CCCN(Cc3cccc(CN)c3O)CCN(Cc3cccc(CN)c3O)CC2)c1. The molecule has 41 heavy (non-hydrogen) atoms. The average Bonchev–Trinajstić information content (AvgIpc) is 2.97. The number of phenols is 3. The van der Waals surface area contributed by atoms with Crippen LogP contribution < -0.4 is 17.2 Å². The van der Waals surface area contributed by atoms with Crippen molar-refractivity contribution in [1.29, 1.82) is 0 Å². The van der Waals surface area contributed by atoms with Gasteiger partial charge in [0.15, 0.2) is 0 Å². The monoisotopic (exact) mass is 562 g/mol. The predicted molar refractivity (Wildman–Crippen MR) is 163 cm³/mol. The second-order valence-electron chi connectivity index (χ2n) is 11.1. The van der Waals surface area contributed by atoms with Gasteiger partial charge in [0.25, 0.3) is 0 Å². The molecule has 3 aromatic rings. The lowest BCUT2D eigenvalue weighted by Crippen LogP contribution is -2.42. The highest BCUT2D eigenvalue weighted by Crippen LogP contribution is 2.28. The number of benzene rings is 3. The highest BCUT2D eigenvalue weighted by atomic mass is 16.3. The van der Waals surface area contributed by atoms with Crippen molar-refractivity contribution in [1.82, 2.24) is 14.7 Å². The van der Waals surface area contributed by atoms with Crippen molar-refractivity contribution >= 4 is 0 Å². The summed E-state index contributed by atoms with van der Waals surface area (Å²) in [6, 6.07) is 15.5. The summed E-state index contributed by atoms with van der Waals surface area (Å²) >= 11 is 0. The maximum atomic E-state index is 10.9. The average molecular weight is 563 g/mol. The van der Waals surface area contributed by atoms with E-state index in [1.54, 1.807) is 0 Å². The zero-order valence-corrected chi connectivity index (χ0v) is 24.2. The molecule has 1 fully saturated rings. The summed E-state index contributed by atoms with van der Waals surface area (Å²) in [4.78, 5) is 7.12. The molecule has 0 bridgehead atoms. The minimum Gasteiger partial charge on any atom is -0.507 e. The van der Waals surface area contributed by atoms with Crippen molar-refractivity contribution < 1.29 is 15.3 Å². The number of para-hydroxylation sites is 2. The number of hydrogen-bond acceptors (Lipinski definition) is 9. The molecule has 0 aromatic heterocycles. The first-order valence-electron chi connectivity index (χ1n) is 14.5. The van der Waals surface area contributed by atoms with Crippen molar-refractivity contribution in [2.24, 2.45) is 17.2 Å². The summed E-state index contributed by atoms with van der Waals surface area (Å²) < 4.78 is 0. The van der Waals surface area contributed by atoms with Crippen LogP contribution >= 0.6 is 0 Å². The maximum Gasteiger partial charge on any atom is 0.124 e. The fourth-order valence-corrected chi connectivity index (χ4v) is 5.70. The third-order valence-corrected chi connectivity index (χ3v) is 8.07. The zero-order valence-electron chi connectivity index (χ0n) is 24.2. The van der Waals surface area contributed by atoms with Gasteiger partial charge in [-0.2, -0.15) is 0 Å². The third-order valence-electron chi connectivity index (χ3n) is 8.07. The Bertz CT molecular complexity index is 1300. The summed E-state index contributed by atoms with van der Waals surface area (Å²) in [5, 5.41) is 32.5. The molecule has 0 aliphatic carbocycles. The van der Waals surface area contributed by atoms with Gasteiger partial charge in [-0.1, -0.05) is 54.1 Å². The number of phenolic OH excluding ortho intramolecular Hbond substituents is 3. The fraction of sp³-hybridized carbons (Fsp3) is 0.438. The fourth-order valence-electron chi connectivity index (χ4n) is 5.70. The topological polar surface area (TPSA) is 148 Å². The molecule has 1 aliphatic heterocycles. The third kappa shape index (κ3) is 7.97. The van der Waals surface area contributed by atoms with Crippen molar-refractivity contribution in [3.8, 4) is 17.2 Å². The van der Waals surface area contributed by atoms with E-state index < -0.39 is 0 Å². The molecule has 1 saturated heterocycles.